The van der Waals surface area contributed by atoms with E-state index in [9.17, 15) is 4.79 Å². The minimum atomic E-state index is -0.479. The molecule has 1 aromatic rings. The summed E-state index contributed by atoms with van der Waals surface area (Å²) in [6, 6.07) is 3.03. The third kappa shape index (κ3) is 1.91. The van der Waals surface area contributed by atoms with Crippen LogP contribution in [0.15, 0.2) is 10.6 Å². The molecule has 0 aliphatic heterocycles. The normalized spacial score (nSPS) is 11.9. The Bertz CT molecular complexity index is 378. The Morgan fingerprint density at radius 1 is 1.79 bits per heavy atom. The highest BCUT2D eigenvalue weighted by Crippen LogP contribution is 2.07. The number of aryl methyl sites for hydroxylation is 1. The molecule has 0 fully saturated rings. The second-order valence-electron chi connectivity index (χ2n) is 3.05. The number of hydrogen-bond acceptors (Lipinski definition) is 4. The average Bonchev–Trinajstić information content (AvgIpc) is 2.61. The highest BCUT2D eigenvalue weighted by Gasteiger charge is 2.20. The maximum Gasteiger partial charge on any atom is 0.293 e. The lowest BCUT2D eigenvalue weighted by Gasteiger charge is -2.16. The molecule has 1 amide bonds. The van der Waals surface area contributed by atoms with Crippen LogP contribution in [-0.2, 0) is 0 Å². The first-order valence-corrected chi connectivity index (χ1v) is 4.16. The molecule has 0 spiro atoms. The van der Waals surface area contributed by atoms with E-state index in [1.165, 1.54) is 4.90 Å². The van der Waals surface area contributed by atoms with Gasteiger partial charge in [0.05, 0.1) is 11.8 Å². The van der Waals surface area contributed by atoms with E-state index in [1.54, 1.807) is 27.0 Å². The van der Waals surface area contributed by atoms with E-state index in [0.29, 0.717) is 5.69 Å². The molecule has 0 N–H and O–H groups in total. The van der Waals surface area contributed by atoms with Crippen LogP contribution in [0.3, 0.4) is 0 Å². The van der Waals surface area contributed by atoms with E-state index < -0.39 is 6.04 Å². The van der Waals surface area contributed by atoms with Gasteiger partial charge in [-0.2, -0.15) is 5.26 Å². The number of nitrogens with zero attached hydrogens (tertiary/aromatic N) is 3. The molecule has 14 heavy (non-hydrogen) atoms. The summed E-state index contributed by atoms with van der Waals surface area (Å²) in [6.07, 6.45) is 0. The molecule has 74 valence electrons. The zero-order valence-corrected chi connectivity index (χ0v) is 8.31. The first-order chi connectivity index (χ1) is 6.56. The minimum absolute atomic E-state index is 0.159. The Morgan fingerprint density at radius 2 is 2.43 bits per heavy atom. The third-order valence-corrected chi connectivity index (χ3v) is 1.93. The quantitative estimate of drug-likeness (QED) is 0.701. The second-order valence-corrected chi connectivity index (χ2v) is 3.05. The molecular weight excluding hydrogens is 182 g/mol. The average molecular weight is 193 g/mol. The van der Waals surface area contributed by atoms with Crippen LogP contribution in [0, 0.1) is 18.3 Å². The van der Waals surface area contributed by atoms with E-state index in [0.717, 1.165) is 0 Å². The highest BCUT2D eigenvalue weighted by molar-refractivity contribution is 5.91. The lowest BCUT2D eigenvalue weighted by molar-refractivity contribution is 0.0731. The highest BCUT2D eigenvalue weighted by atomic mass is 16.5. The van der Waals surface area contributed by atoms with E-state index >= 15 is 0 Å². The van der Waals surface area contributed by atoms with E-state index in [4.69, 9.17) is 9.78 Å². The number of rotatable bonds is 2. The van der Waals surface area contributed by atoms with Gasteiger partial charge in [0.25, 0.3) is 5.91 Å². The fourth-order valence-corrected chi connectivity index (χ4v) is 0.901. The van der Waals surface area contributed by atoms with Gasteiger partial charge in [0, 0.05) is 13.1 Å². The molecule has 0 bridgehead atoms. The molecule has 0 radical (unpaired) electrons. The molecule has 1 heterocycles. The topological polar surface area (TPSA) is 70.1 Å². The number of hydrogen-bond donors (Lipinski definition) is 0. The Balaban J connectivity index is 2.81. The zero-order valence-electron chi connectivity index (χ0n) is 8.31. The summed E-state index contributed by atoms with van der Waals surface area (Å²) in [4.78, 5) is 12.9. The van der Waals surface area contributed by atoms with Crippen LogP contribution < -0.4 is 0 Å². The van der Waals surface area contributed by atoms with Crippen molar-refractivity contribution in [2.24, 2.45) is 0 Å². The molecule has 0 saturated heterocycles. The van der Waals surface area contributed by atoms with Crippen molar-refractivity contribution in [2.75, 3.05) is 7.05 Å². The SMILES string of the molecule is Cc1cc(C(=O)N(C)C(C)C#N)on1. The van der Waals surface area contributed by atoms with Gasteiger partial charge >= 0.3 is 0 Å². The molecule has 1 unspecified atom stereocenters. The van der Waals surface area contributed by atoms with Crippen molar-refractivity contribution in [3.05, 3.63) is 17.5 Å². The largest absolute Gasteiger partial charge is 0.351 e. The van der Waals surface area contributed by atoms with Crippen molar-refractivity contribution in [1.82, 2.24) is 10.1 Å². The second kappa shape index (κ2) is 3.92. The molecular formula is C9H11N3O2. The molecule has 5 nitrogen and oxygen atoms in total. The fourth-order valence-electron chi connectivity index (χ4n) is 0.901. The minimum Gasteiger partial charge on any atom is -0.351 e. The van der Waals surface area contributed by atoms with Crippen LogP contribution >= 0.6 is 0 Å². The Morgan fingerprint density at radius 3 is 2.86 bits per heavy atom. The maximum atomic E-state index is 11.6. The van der Waals surface area contributed by atoms with Gasteiger partial charge in [0.2, 0.25) is 5.76 Å². The van der Waals surface area contributed by atoms with Gasteiger partial charge < -0.3 is 9.42 Å². The van der Waals surface area contributed by atoms with E-state index in [2.05, 4.69) is 5.16 Å². The first kappa shape index (κ1) is 10.3. The number of carbonyl (C=O) groups is 1. The van der Waals surface area contributed by atoms with Gasteiger partial charge in [-0.25, -0.2) is 0 Å². The van der Waals surface area contributed by atoms with Crippen molar-refractivity contribution >= 4 is 5.91 Å². The van der Waals surface area contributed by atoms with Gasteiger partial charge in [0.15, 0.2) is 0 Å². The van der Waals surface area contributed by atoms with Crippen molar-refractivity contribution in [2.45, 2.75) is 19.9 Å². The number of aromatic nitrogens is 1. The van der Waals surface area contributed by atoms with Crippen LogP contribution in [0.2, 0.25) is 0 Å². The monoisotopic (exact) mass is 193 g/mol. The van der Waals surface area contributed by atoms with Gasteiger partial charge in [-0.1, -0.05) is 5.16 Å². The van der Waals surface area contributed by atoms with Crippen molar-refractivity contribution in [3.8, 4) is 6.07 Å². The lowest BCUT2D eigenvalue weighted by atomic mass is 10.3. The summed E-state index contributed by atoms with van der Waals surface area (Å²) < 4.78 is 4.79. The van der Waals surface area contributed by atoms with Crippen molar-refractivity contribution in [1.29, 1.82) is 5.26 Å². The molecule has 0 aromatic carbocycles. The zero-order chi connectivity index (χ0) is 10.7. The van der Waals surface area contributed by atoms with Crippen molar-refractivity contribution < 1.29 is 9.32 Å². The summed E-state index contributed by atoms with van der Waals surface area (Å²) in [5.41, 5.74) is 0.645. The number of amides is 1. The molecule has 0 aliphatic carbocycles. The molecule has 0 aliphatic rings. The van der Waals surface area contributed by atoms with Crippen molar-refractivity contribution in [3.63, 3.8) is 0 Å². The first-order valence-electron chi connectivity index (χ1n) is 4.16. The van der Waals surface area contributed by atoms with Gasteiger partial charge in [-0.3, -0.25) is 4.79 Å². The molecule has 5 heteroatoms. The lowest BCUT2D eigenvalue weighted by Crippen LogP contribution is -2.33. The van der Waals surface area contributed by atoms with E-state index in [1.807, 2.05) is 6.07 Å². The molecule has 0 saturated carbocycles. The molecule has 1 atom stereocenters. The number of carbonyl (C=O) groups excluding carboxylic acids is 1. The maximum absolute atomic E-state index is 11.6. The van der Waals surface area contributed by atoms with Gasteiger partial charge in [-0.05, 0) is 13.8 Å². The number of nitriles is 1. The predicted octanol–water partition coefficient (Wildman–Crippen LogP) is 0.967. The Kier molecular flexibility index (Phi) is 2.87. The van der Waals surface area contributed by atoms with Crippen LogP contribution in [0.5, 0.6) is 0 Å². The van der Waals surface area contributed by atoms with Crippen LogP contribution in [0.1, 0.15) is 23.2 Å². The van der Waals surface area contributed by atoms with Crippen LogP contribution in [0.25, 0.3) is 0 Å². The standard InChI is InChI=1S/C9H11N3O2/c1-6-4-8(14-11-6)9(13)12(3)7(2)5-10/h4,7H,1-3H3. The van der Waals surface area contributed by atoms with Gasteiger partial charge in [0.1, 0.15) is 6.04 Å². The summed E-state index contributed by atoms with van der Waals surface area (Å²) in [5.74, 6) is -0.174. The Labute approximate surface area is 81.9 Å². The van der Waals surface area contributed by atoms with Crippen LogP contribution in [0.4, 0.5) is 0 Å². The summed E-state index contributed by atoms with van der Waals surface area (Å²) in [5, 5.41) is 12.2. The smallest absolute Gasteiger partial charge is 0.293 e. The summed E-state index contributed by atoms with van der Waals surface area (Å²) >= 11 is 0. The predicted molar refractivity (Wildman–Crippen MR) is 48.4 cm³/mol. The fraction of sp³-hybridized carbons (Fsp3) is 0.444. The summed E-state index contributed by atoms with van der Waals surface area (Å²) in [6.45, 7) is 3.37. The molecule has 1 aromatic heterocycles. The molecule has 1 rings (SSSR count). The van der Waals surface area contributed by atoms with Gasteiger partial charge in [-0.15, -0.1) is 0 Å². The Hall–Kier alpha value is -1.83. The summed E-state index contributed by atoms with van der Waals surface area (Å²) in [7, 11) is 1.55. The van der Waals surface area contributed by atoms with Crippen LogP contribution in [-0.4, -0.2) is 29.1 Å². The van der Waals surface area contributed by atoms with E-state index in [-0.39, 0.29) is 11.7 Å². The third-order valence-electron chi connectivity index (χ3n) is 1.93.